The second kappa shape index (κ2) is 11.0. The van der Waals surface area contributed by atoms with Crippen molar-refractivity contribution in [3.8, 4) is 0 Å². The Bertz CT molecular complexity index is 957. The summed E-state index contributed by atoms with van der Waals surface area (Å²) in [7, 11) is 0. The highest BCUT2D eigenvalue weighted by molar-refractivity contribution is 6.08. The predicted molar refractivity (Wildman–Crippen MR) is 130 cm³/mol. The molecule has 0 radical (unpaired) electrons. The van der Waals surface area contributed by atoms with Crippen LogP contribution in [-0.2, 0) is 28.7 Å². The Morgan fingerprint density at radius 1 is 1.03 bits per heavy atom. The molecule has 0 saturated carbocycles. The second-order valence-corrected chi connectivity index (χ2v) is 9.65. The minimum atomic E-state index is -1.03. The lowest BCUT2D eigenvalue weighted by Gasteiger charge is -2.28. The van der Waals surface area contributed by atoms with Crippen molar-refractivity contribution < 1.29 is 28.7 Å². The highest BCUT2D eigenvalue weighted by Crippen LogP contribution is 2.37. The van der Waals surface area contributed by atoms with Gasteiger partial charge in [-0.25, -0.2) is 4.79 Å². The van der Waals surface area contributed by atoms with Gasteiger partial charge in [-0.1, -0.05) is 26.0 Å². The highest BCUT2D eigenvalue weighted by atomic mass is 16.5. The summed E-state index contributed by atoms with van der Waals surface area (Å²) in [6.07, 6.45) is 5.10. The van der Waals surface area contributed by atoms with Gasteiger partial charge in [0.1, 0.15) is 6.04 Å². The molecule has 9 heteroatoms. The quantitative estimate of drug-likeness (QED) is 0.344. The Hall–Kier alpha value is -3.20. The van der Waals surface area contributed by atoms with Crippen molar-refractivity contribution in [3.63, 3.8) is 0 Å². The lowest BCUT2D eigenvalue weighted by molar-refractivity contribution is -0.160. The Morgan fingerprint density at radius 2 is 1.63 bits per heavy atom. The number of fused-ring (bicyclic) bond motifs is 1. The van der Waals surface area contributed by atoms with E-state index in [1.54, 1.807) is 12.1 Å². The van der Waals surface area contributed by atoms with Crippen LogP contribution < -0.4 is 10.2 Å². The molecule has 1 N–H and O–H groups in total. The van der Waals surface area contributed by atoms with Gasteiger partial charge in [-0.05, 0) is 49.4 Å². The SMILES string of the molecule is CC(C)CC(C(=O)OCC(=O)Nc1ccc(N2CCOCC2)cc1)N1C(=O)C2CC=CCC2C1=O. The summed E-state index contributed by atoms with van der Waals surface area (Å²) in [6.45, 7) is 6.34. The van der Waals surface area contributed by atoms with E-state index < -0.39 is 36.4 Å². The van der Waals surface area contributed by atoms with Crippen molar-refractivity contribution in [1.82, 2.24) is 4.90 Å². The number of esters is 1. The summed E-state index contributed by atoms with van der Waals surface area (Å²) in [5.41, 5.74) is 1.63. The number of hydrogen-bond donors (Lipinski definition) is 1. The number of anilines is 2. The summed E-state index contributed by atoms with van der Waals surface area (Å²) in [5, 5.41) is 2.72. The molecule has 188 valence electrons. The molecule has 0 bridgehead atoms. The molecule has 3 unspecified atom stereocenters. The number of likely N-dealkylation sites (tertiary alicyclic amines) is 1. The van der Waals surface area contributed by atoms with Gasteiger partial charge in [0.15, 0.2) is 6.61 Å². The topological polar surface area (TPSA) is 105 Å². The normalized spacial score (nSPS) is 22.8. The standard InChI is InChI=1S/C26H33N3O6/c1-17(2)15-22(29-24(31)20-5-3-4-6-21(20)25(29)32)26(33)35-16-23(30)27-18-7-9-19(10-8-18)28-11-13-34-14-12-28/h3-4,7-10,17,20-22H,5-6,11-16H2,1-2H3,(H,27,30). The number of nitrogens with zero attached hydrogens (tertiary/aromatic N) is 2. The molecule has 0 aromatic heterocycles. The van der Waals surface area contributed by atoms with Gasteiger partial charge >= 0.3 is 5.97 Å². The smallest absolute Gasteiger partial charge is 0.329 e. The number of nitrogens with one attached hydrogen (secondary N) is 1. The van der Waals surface area contributed by atoms with Gasteiger partial charge in [-0.2, -0.15) is 0 Å². The molecule has 35 heavy (non-hydrogen) atoms. The highest BCUT2D eigenvalue weighted by Gasteiger charge is 2.51. The maximum atomic E-state index is 13.0. The van der Waals surface area contributed by atoms with E-state index in [0.717, 1.165) is 23.7 Å². The van der Waals surface area contributed by atoms with Gasteiger partial charge in [0.05, 0.1) is 25.0 Å². The van der Waals surface area contributed by atoms with Gasteiger partial charge in [0, 0.05) is 24.5 Å². The van der Waals surface area contributed by atoms with E-state index in [9.17, 15) is 19.2 Å². The third kappa shape index (κ3) is 5.73. The van der Waals surface area contributed by atoms with E-state index >= 15 is 0 Å². The summed E-state index contributed by atoms with van der Waals surface area (Å²) >= 11 is 0. The first kappa shape index (κ1) is 24.9. The maximum Gasteiger partial charge on any atom is 0.329 e. The third-order valence-corrected chi connectivity index (χ3v) is 6.69. The number of benzene rings is 1. The average Bonchev–Trinajstić information content (AvgIpc) is 3.12. The van der Waals surface area contributed by atoms with Gasteiger partial charge in [-0.3, -0.25) is 19.3 Å². The number of carbonyl (C=O) groups is 4. The van der Waals surface area contributed by atoms with Crippen molar-refractivity contribution in [2.24, 2.45) is 17.8 Å². The minimum Gasteiger partial charge on any atom is -0.454 e. The number of hydrogen-bond acceptors (Lipinski definition) is 7. The third-order valence-electron chi connectivity index (χ3n) is 6.69. The lowest BCUT2D eigenvalue weighted by atomic mass is 9.85. The molecule has 2 saturated heterocycles. The zero-order valence-corrected chi connectivity index (χ0v) is 20.3. The molecule has 3 amide bonds. The minimum absolute atomic E-state index is 0.0488. The zero-order chi connectivity index (χ0) is 24.9. The first-order chi connectivity index (χ1) is 16.8. The number of ether oxygens (including phenoxy) is 2. The summed E-state index contributed by atoms with van der Waals surface area (Å²) in [5.74, 6) is -2.65. The predicted octanol–water partition coefficient (Wildman–Crippen LogP) is 2.37. The van der Waals surface area contributed by atoms with E-state index in [0.29, 0.717) is 31.7 Å². The molecular formula is C26H33N3O6. The second-order valence-electron chi connectivity index (χ2n) is 9.65. The molecule has 0 spiro atoms. The van der Waals surface area contributed by atoms with Gasteiger partial charge in [-0.15, -0.1) is 0 Å². The van der Waals surface area contributed by atoms with E-state index in [2.05, 4.69) is 10.2 Å². The summed E-state index contributed by atoms with van der Waals surface area (Å²) in [4.78, 5) is 54.6. The summed E-state index contributed by atoms with van der Waals surface area (Å²) in [6, 6.07) is 6.41. The largest absolute Gasteiger partial charge is 0.454 e. The number of allylic oxidation sites excluding steroid dienone is 2. The lowest BCUT2D eigenvalue weighted by Crippen LogP contribution is -2.47. The summed E-state index contributed by atoms with van der Waals surface area (Å²) < 4.78 is 10.7. The van der Waals surface area contributed by atoms with Crippen molar-refractivity contribution in [2.45, 2.75) is 39.2 Å². The molecule has 2 aliphatic heterocycles. The van der Waals surface area contributed by atoms with Crippen LogP contribution >= 0.6 is 0 Å². The van der Waals surface area contributed by atoms with Crippen LogP contribution in [0.1, 0.15) is 33.1 Å². The number of amides is 3. The Balaban J connectivity index is 1.34. The molecule has 2 heterocycles. The molecule has 9 nitrogen and oxygen atoms in total. The van der Waals surface area contributed by atoms with Crippen LogP contribution in [0, 0.1) is 17.8 Å². The molecular weight excluding hydrogens is 450 g/mol. The molecule has 1 aliphatic carbocycles. The van der Waals surface area contributed by atoms with E-state index in [-0.39, 0.29) is 24.2 Å². The maximum absolute atomic E-state index is 13.0. The number of imide groups is 1. The van der Waals surface area contributed by atoms with Crippen LogP contribution in [0.4, 0.5) is 11.4 Å². The number of carbonyl (C=O) groups excluding carboxylic acids is 4. The van der Waals surface area contributed by atoms with E-state index in [1.807, 2.05) is 38.1 Å². The van der Waals surface area contributed by atoms with Gasteiger partial charge < -0.3 is 19.7 Å². The first-order valence-corrected chi connectivity index (χ1v) is 12.3. The number of morpholine rings is 1. The molecule has 3 aliphatic rings. The van der Waals surface area contributed by atoms with Crippen LogP contribution in [-0.4, -0.2) is 67.5 Å². The average molecular weight is 484 g/mol. The van der Waals surface area contributed by atoms with Crippen LogP contribution in [0.2, 0.25) is 0 Å². The molecule has 1 aromatic rings. The van der Waals surface area contributed by atoms with Crippen LogP contribution in [0.3, 0.4) is 0 Å². The Labute approximate surface area is 205 Å². The van der Waals surface area contributed by atoms with Crippen LogP contribution in [0.5, 0.6) is 0 Å². The van der Waals surface area contributed by atoms with Crippen molar-refractivity contribution in [1.29, 1.82) is 0 Å². The van der Waals surface area contributed by atoms with E-state index in [4.69, 9.17) is 9.47 Å². The molecule has 3 atom stereocenters. The molecule has 2 fully saturated rings. The fourth-order valence-electron chi connectivity index (χ4n) is 4.89. The fraction of sp³-hybridized carbons (Fsp3) is 0.538. The van der Waals surface area contributed by atoms with Crippen molar-refractivity contribution >= 4 is 35.1 Å². The molecule has 4 rings (SSSR count). The van der Waals surface area contributed by atoms with E-state index in [1.165, 1.54) is 0 Å². The van der Waals surface area contributed by atoms with Crippen molar-refractivity contribution in [2.75, 3.05) is 43.1 Å². The Morgan fingerprint density at radius 3 is 2.20 bits per heavy atom. The fourth-order valence-corrected chi connectivity index (χ4v) is 4.89. The number of rotatable bonds is 8. The van der Waals surface area contributed by atoms with Crippen LogP contribution in [0.25, 0.3) is 0 Å². The Kier molecular flexibility index (Phi) is 7.85. The van der Waals surface area contributed by atoms with Crippen molar-refractivity contribution in [3.05, 3.63) is 36.4 Å². The van der Waals surface area contributed by atoms with Gasteiger partial charge in [0.2, 0.25) is 11.8 Å². The van der Waals surface area contributed by atoms with Crippen LogP contribution in [0.15, 0.2) is 36.4 Å². The van der Waals surface area contributed by atoms with Gasteiger partial charge in [0.25, 0.3) is 5.91 Å². The monoisotopic (exact) mass is 483 g/mol. The molecule has 1 aromatic carbocycles. The first-order valence-electron chi connectivity index (χ1n) is 12.3. The zero-order valence-electron chi connectivity index (χ0n) is 20.3.